The average Bonchev–Trinajstić information content (AvgIpc) is 3.13. The molecule has 2 heterocycles. The molecule has 120 valence electrons. The summed E-state index contributed by atoms with van der Waals surface area (Å²) in [5.74, 6) is 0.150. The van der Waals surface area contributed by atoms with Gasteiger partial charge in [0.15, 0.2) is 5.13 Å². The molecular weight excluding hydrogens is 314 g/mol. The van der Waals surface area contributed by atoms with E-state index in [0.717, 1.165) is 16.3 Å². The lowest BCUT2D eigenvalue weighted by Crippen LogP contribution is -2.28. The molecule has 7 heteroatoms. The van der Waals surface area contributed by atoms with Gasteiger partial charge in [-0.15, -0.1) is 11.3 Å². The highest BCUT2D eigenvalue weighted by Gasteiger charge is 2.35. The number of rotatable bonds is 4. The SMILES string of the molecule is COc1ccc(N2C[C@@H](C(=O)Nc3ncc(C)s3)CC2=O)cc1. The maximum Gasteiger partial charge on any atom is 0.231 e. The van der Waals surface area contributed by atoms with Gasteiger partial charge in [-0.2, -0.15) is 0 Å². The van der Waals surface area contributed by atoms with Gasteiger partial charge in [-0.1, -0.05) is 0 Å². The summed E-state index contributed by atoms with van der Waals surface area (Å²) < 4.78 is 5.11. The Morgan fingerprint density at radius 2 is 2.13 bits per heavy atom. The topological polar surface area (TPSA) is 71.5 Å². The van der Waals surface area contributed by atoms with Crippen LogP contribution in [0.4, 0.5) is 10.8 Å². The summed E-state index contributed by atoms with van der Waals surface area (Å²) in [7, 11) is 1.59. The van der Waals surface area contributed by atoms with Gasteiger partial charge in [0, 0.05) is 29.7 Å². The quantitative estimate of drug-likeness (QED) is 0.934. The van der Waals surface area contributed by atoms with Crippen LogP contribution in [0.3, 0.4) is 0 Å². The maximum atomic E-state index is 12.3. The Labute approximate surface area is 138 Å². The molecule has 3 rings (SSSR count). The molecule has 2 aromatic rings. The predicted octanol–water partition coefficient (Wildman–Crippen LogP) is 2.45. The highest BCUT2D eigenvalue weighted by Crippen LogP contribution is 2.28. The summed E-state index contributed by atoms with van der Waals surface area (Å²) in [5.41, 5.74) is 0.774. The van der Waals surface area contributed by atoms with E-state index in [1.165, 1.54) is 11.3 Å². The summed E-state index contributed by atoms with van der Waals surface area (Å²) in [6, 6.07) is 7.24. The second-order valence-electron chi connectivity index (χ2n) is 5.37. The molecule has 1 atom stereocenters. The summed E-state index contributed by atoms with van der Waals surface area (Å²) in [6.45, 7) is 2.30. The van der Waals surface area contributed by atoms with Crippen molar-refractivity contribution < 1.29 is 14.3 Å². The van der Waals surface area contributed by atoms with Crippen LogP contribution in [0.5, 0.6) is 5.75 Å². The van der Waals surface area contributed by atoms with Crippen molar-refractivity contribution in [3.05, 3.63) is 35.3 Å². The molecule has 0 unspecified atom stereocenters. The minimum Gasteiger partial charge on any atom is -0.497 e. The Bertz CT molecular complexity index is 726. The number of hydrogen-bond donors (Lipinski definition) is 1. The summed E-state index contributed by atoms with van der Waals surface area (Å²) >= 11 is 1.42. The van der Waals surface area contributed by atoms with Crippen LogP contribution in [0.25, 0.3) is 0 Å². The molecule has 1 aliphatic rings. The first-order chi connectivity index (χ1) is 11.1. The van der Waals surface area contributed by atoms with Gasteiger partial charge in [0.2, 0.25) is 11.8 Å². The fourth-order valence-electron chi connectivity index (χ4n) is 2.51. The van der Waals surface area contributed by atoms with Crippen LogP contribution in [0.2, 0.25) is 0 Å². The lowest BCUT2D eigenvalue weighted by atomic mass is 10.1. The van der Waals surface area contributed by atoms with Crippen LogP contribution in [0.15, 0.2) is 30.5 Å². The van der Waals surface area contributed by atoms with Crippen molar-refractivity contribution in [1.82, 2.24) is 4.98 Å². The second kappa shape index (κ2) is 6.37. The zero-order chi connectivity index (χ0) is 16.4. The predicted molar refractivity (Wildman–Crippen MR) is 88.9 cm³/mol. The minimum atomic E-state index is -0.367. The number of hydrogen-bond acceptors (Lipinski definition) is 5. The van der Waals surface area contributed by atoms with Crippen LogP contribution < -0.4 is 15.0 Å². The van der Waals surface area contributed by atoms with E-state index in [-0.39, 0.29) is 24.2 Å². The third kappa shape index (κ3) is 3.34. The molecule has 6 nitrogen and oxygen atoms in total. The van der Waals surface area contributed by atoms with Gasteiger partial charge >= 0.3 is 0 Å². The number of amides is 2. The number of thiazole rings is 1. The number of anilines is 2. The fraction of sp³-hybridized carbons (Fsp3) is 0.312. The first kappa shape index (κ1) is 15.5. The van der Waals surface area contributed by atoms with Crippen molar-refractivity contribution in [2.75, 3.05) is 23.9 Å². The van der Waals surface area contributed by atoms with E-state index < -0.39 is 0 Å². The van der Waals surface area contributed by atoms with Gasteiger partial charge < -0.3 is 15.0 Å². The van der Waals surface area contributed by atoms with Gasteiger partial charge in [-0.3, -0.25) is 9.59 Å². The molecule has 1 aromatic heterocycles. The molecule has 0 spiro atoms. The third-order valence-electron chi connectivity index (χ3n) is 3.73. The third-order valence-corrected chi connectivity index (χ3v) is 4.56. The number of nitrogens with one attached hydrogen (secondary N) is 1. The standard InChI is InChI=1S/C16H17N3O3S/c1-10-8-17-16(23-10)18-15(21)11-7-14(20)19(9-11)12-3-5-13(22-2)6-4-12/h3-6,8,11H,7,9H2,1-2H3,(H,17,18,21)/t11-/m0/s1. The Morgan fingerprint density at radius 1 is 1.39 bits per heavy atom. The van der Waals surface area contributed by atoms with Crippen LogP contribution in [0.1, 0.15) is 11.3 Å². The van der Waals surface area contributed by atoms with Gasteiger partial charge in [0.05, 0.1) is 13.0 Å². The minimum absolute atomic E-state index is 0.0503. The van der Waals surface area contributed by atoms with E-state index >= 15 is 0 Å². The lowest BCUT2D eigenvalue weighted by molar-refractivity contribution is -0.122. The van der Waals surface area contributed by atoms with Crippen LogP contribution in [0, 0.1) is 12.8 Å². The van der Waals surface area contributed by atoms with Gasteiger partial charge in [-0.25, -0.2) is 4.98 Å². The monoisotopic (exact) mass is 331 g/mol. The van der Waals surface area contributed by atoms with Gasteiger partial charge in [-0.05, 0) is 31.2 Å². The molecule has 0 saturated carbocycles. The molecule has 0 bridgehead atoms. The van der Waals surface area contributed by atoms with E-state index in [9.17, 15) is 9.59 Å². The summed E-state index contributed by atoms with van der Waals surface area (Å²) in [6.07, 6.45) is 1.92. The van der Waals surface area contributed by atoms with Crippen molar-refractivity contribution in [1.29, 1.82) is 0 Å². The smallest absolute Gasteiger partial charge is 0.231 e. The number of methoxy groups -OCH3 is 1. The molecule has 1 saturated heterocycles. The molecule has 1 N–H and O–H groups in total. The maximum absolute atomic E-state index is 12.3. The largest absolute Gasteiger partial charge is 0.497 e. The molecule has 0 radical (unpaired) electrons. The number of ether oxygens (including phenoxy) is 1. The van der Waals surface area contributed by atoms with Crippen molar-refractivity contribution >= 4 is 34.0 Å². The molecule has 2 amide bonds. The number of aromatic nitrogens is 1. The zero-order valence-electron chi connectivity index (χ0n) is 12.9. The number of carbonyl (C=O) groups excluding carboxylic acids is 2. The van der Waals surface area contributed by atoms with Gasteiger partial charge in [0.25, 0.3) is 0 Å². The van der Waals surface area contributed by atoms with Crippen molar-refractivity contribution in [3.63, 3.8) is 0 Å². The van der Waals surface area contributed by atoms with E-state index in [2.05, 4.69) is 10.3 Å². The average molecular weight is 331 g/mol. The van der Waals surface area contributed by atoms with Crippen LogP contribution in [-0.4, -0.2) is 30.5 Å². The Kier molecular flexibility index (Phi) is 4.29. The van der Waals surface area contributed by atoms with Gasteiger partial charge in [0.1, 0.15) is 5.75 Å². The van der Waals surface area contributed by atoms with Crippen LogP contribution >= 0.6 is 11.3 Å². The van der Waals surface area contributed by atoms with Crippen molar-refractivity contribution in [2.24, 2.45) is 5.92 Å². The summed E-state index contributed by atoms with van der Waals surface area (Å²) in [4.78, 5) is 31.3. The highest BCUT2D eigenvalue weighted by atomic mass is 32.1. The van der Waals surface area contributed by atoms with E-state index in [1.54, 1.807) is 30.3 Å². The Morgan fingerprint density at radius 3 is 2.74 bits per heavy atom. The highest BCUT2D eigenvalue weighted by molar-refractivity contribution is 7.15. The van der Waals surface area contributed by atoms with E-state index in [4.69, 9.17) is 4.74 Å². The van der Waals surface area contributed by atoms with Crippen molar-refractivity contribution in [2.45, 2.75) is 13.3 Å². The Hall–Kier alpha value is -2.41. The van der Waals surface area contributed by atoms with E-state index in [0.29, 0.717) is 11.7 Å². The number of benzene rings is 1. The normalized spacial score (nSPS) is 17.4. The van der Waals surface area contributed by atoms with Crippen molar-refractivity contribution in [3.8, 4) is 5.75 Å². The molecule has 1 aliphatic heterocycles. The number of nitrogens with zero attached hydrogens (tertiary/aromatic N) is 2. The Balaban J connectivity index is 1.67. The molecule has 1 fully saturated rings. The zero-order valence-corrected chi connectivity index (χ0v) is 13.7. The fourth-order valence-corrected chi connectivity index (χ4v) is 3.18. The van der Waals surface area contributed by atoms with Crippen LogP contribution in [-0.2, 0) is 9.59 Å². The molecule has 23 heavy (non-hydrogen) atoms. The first-order valence-corrected chi connectivity index (χ1v) is 8.06. The summed E-state index contributed by atoms with van der Waals surface area (Å²) in [5, 5.41) is 3.36. The number of carbonyl (C=O) groups is 2. The lowest BCUT2D eigenvalue weighted by Gasteiger charge is -2.16. The molecule has 0 aliphatic carbocycles. The molecular formula is C16H17N3O3S. The molecule has 1 aromatic carbocycles. The van der Waals surface area contributed by atoms with E-state index in [1.807, 2.05) is 19.1 Å². The second-order valence-corrected chi connectivity index (χ2v) is 6.60. The first-order valence-electron chi connectivity index (χ1n) is 7.24. The number of aryl methyl sites for hydroxylation is 1.